The average Bonchev–Trinajstić information content (AvgIpc) is 3.20. The fourth-order valence-electron chi connectivity index (χ4n) is 3.15. The maximum absolute atomic E-state index is 14.2. The van der Waals surface area contributed by atoms with E-state index in [1.807, 2.05) is 6.07 Å². The van der Waals surface area contributed by atoms with Crippen molar-refractivity contribution in [3.05, 3.63) is 47.7 Å². The smallest absolute Gasteiger partial charge is 0.224 e. The summed E-state index contributed by atoms with van der Waals surface area (Å²) in [6, 6.07) is 5.06. The minimum atomic E-state index is -0.315. The minimum Gasteiger partial charge on any atom is -0.383 e. The zero-order chi connectivity index (χ0) is 18.4. The van der Waals surface area contributed by atoms with Crippen molar-refractivity contribution in [3.63, 3.8) is 0 Å². The molecule has 1 saturated carbocycles. The lowest BCUT2D eigenvalue weighted by molar-refractivity contribution is 0.615. The van der Waals surface area contributed by atoms with Crippen molar-refractivity contribution in [2.45, 2.75) is 25.3 Å². The Labute approximate surface area is 153 Å². The fourth-order valence-corrected chi connectivity index (χ4v) is 3.15. The number of aromatic amines is 2. The standard InChI is InChI=1S/C18H17FN8/c19-13-3-4-14-11(8-23-25-14)10(13)6-21-18-22-7-12(17(20)24-18)16-5-15(26-27-16)9-1-2-9/h3-5,7-9H,1-2,6H2,(H,23,25)(H,26,27)(H3,20,21,22,24). The number of hydrogen-bond donors (Lipinski definition) is 4. The van der Waals surface area contributed by atoms with Crippen LogP contribution in [0.4, 0.5) is 16.2 Å². The van der Waals surface area contributed by atoms with Crippen molar-refractivity contribution < 1.29 is 4.39 Å². The molecule has 1 fully saturated rings. The molecule has 0 amide bonds. The van der Waals surface area contributed by atoms with Gasteiger partial charge in [-0.25, -0.2) is 9.37 Å². The summed E-state index contributed by atoms with van der Waals surface area (Å²) in [6.07, 6.45) is 5.61. The van der Waals surface area contributed by atoms with Gasteiger partial charge >= 0.3 is 0 Å². The quantitative estimate of drug-likeness (QED) is 0.432. The van der Waals surface area contributed by atoms with E-state index in [2.05, 4.69) is 35.7 Å². The first-order valence-electron chi connectivity index (χ1n) is 8.71. The van der Waals surface area contributed by atoms with E-state index in [-0.39, 0.29) is 12.4 Å². The summed E-state index contributed by atoms with van der Waals surface area (Å²) in [5.74, 6) is 0.914. The van der Waals surface area contributed by atoms with Gasteiger partial charge in [0.1, 0.15) is 11.6 Å². The van der Waals surface area contributed by atoms with Gasteiger partial charge in [-0.05, 0) is 31.0 Å². The number of fused-ring (bicyclic) bond motifs is 1. The van der Waals surface area contributed by atoms with Gasteiger partial charge in [0.05, 0.1) is 23.0 Å². The molecule has 136 valence electrons. The number of halogens is 1. The number of nitrogens with two attached hydrogens (primary N) is 1. The minimum absolute atomic E-state index is 0.218. The summed E-state index contributed by atoms with van der Waals surface area (Å²) in [6.45, 7) is 0.218. The van der Waals surface area contributed by atoms with Crippen molar-refractivity contribution in [1.29, 1.82) is 0 Å². The monoisotopic (exact) mass is 364 g/mol. The number of nitrogen functional groups attached to an aromatic ring is 1. The predicted molar refractivity (Wildman–Crippen MR) is 99.4 cm³/mol. The van der Waals surface area contributed by atoms with Crippen LogP contribution in [-0.4, -0.2) is 30.4 Å². The van der Waals surface area contributed by atoms with E-state index in [1.54, 1.807) is 18.5 Å². The molecule has 1 aliphatic carbocycles. The summed E-state index contributed by atoms with van der Waals surface area (Å²) in [5.41, 5.74) is 9.88. The SMILES string of the molecule is Nc1nc(NCc2c(F)ccc3[nH]ncc23)ncc1-c1cc(C2CC2)[nH]n1. The third kappa shape index (κ3) is 2.86. The van der Waals surface area contributed by atoms with Crippen molar-refractivity contribution in [3.8, 4) is 11.3 Å². The number of benzene rings is 1. The second kappa shape index (κ2) is 6.04. The fraction of sp³-hybridized carbons (Fsp3) is 0.222. The van der Waals surface area contributed by atoms with Crippen molar-refractivity contribution in [2.24, 2.45) is 0 Å². The third-order valence-electron chi connectivity index (χ3n) is 4.81. The number of nitrogens with one attached hydrogen (secondary N) is 3. The summed E-state index contributed by atoms with van der Waals surface area (Å²) >= 11 is 0. The molecule has 0 aliphatic heterocycles. The lowest BCUT2D eigenvalue weighted by Crippen LogP contribution is -2.07. The second-order valence-corrected chi connectivity index (χ2v) is 6.69. The number of aromatic nitrogens is 6. The van der Waals surface area contributed by atoms with Crippen molar-refractivity contribution in [1.82, 2.24) is 30.4 Å². The highest BCUT2D eigenvalue weighted by Gasteiger charge is 2.26. The van der Waals surface area contributed by atoms with Crippen LogP contribution >= 0.6 is 0 Å². The zero-order valence-electron chi connectivity index (χ0n) is 14.3. The molecule has 3 aromatic heterocycles. The number of hydrogen-bond acceptors (Lipinski definition) is 6. The summed E-state index contributed by atoms with van der Waals surface area (Å²) in [4.78, 5) is 8.58. The lowest BCUT2D eigenvalue weighted by Gasteiger charge is -2.09. The van der Waals surface area contributed by atoms with Gasteiger partial charge in [-0.1, -0.05) is 0 Å². The Balaban J connectivity index is 1.37. The molecule has 0 unspecified atom stereocenters. The van der Waals surface area contributed by atoms with E-state index < -0.39 is 0 Å². The Hall–Kier alpha value is -3.49. The maximum Gasteiger partial charge on any atom is 0.224 e. The normalized spacial score (nSPS) is 14.0. The number of anilines is 2. The Morgan fingerprint density at radius 1 is 1.22 bits per heavy atom. The molecule has 4 aromatic rings. The molecule has 9 heteroatoms. The number of H-pyrrole nitrogens is 2. The van der Waals surface area contributed by atoms with Gasteiger partial charge in [0, 0.05) is 35.3 Å². The highest BCUT2D eigenvalue weighted by atomic mass is 19.1. The molecule has 0 radical (unpaired) electrons. The van der Waals surface area contributed by atoms with Gasteiger partial charge in [-0.2, -0.15) is 15.2 Å². The summed E-state index contributed by atoms with van der Waals surface area (Å²) in [7, 11) is 0. The van der Waals surface area contributed by atoms with Crippen LogP contribution in [0.5, 0.6) is 0 Å². The van der Waals surface area contributed by atoms with E-state index in [9.17, 15) is 4.39 Å². The molecule has 5 rings (SSSR count). The largest absolute Gasteiger partial charge is 0.383 e. The summed E-state index contributed by atoms with van der Waals surface area (Å²) < 4.78 is 14.2. The topological polar surface area (TPSA) is 121 Å². The first kappa shape index (κ1) is 15.7. The van der Waals surface area contributed by atoms with E-state index >= 15 is 0 Å². The van der Waals surface area contributed by atoms with Gasteiger partial charge in [0.25, 0.3) is 0 Å². The molecular weight excluding hydrogens is 347 g/mol. The highest BCUT2D eigenvalue weighted by Crippen LogP contribution is 2.40. The van der Waals surface area contributed by atoms with E-state index in [0.29, 0.717) is 28.8 Å². The van der Waals surface area contributed by atoms with Crippen LogP contribution in [0.25, 0.3) is 22.2 Å². The molecule has 0 spiro atoms. The van der Waals surface area contributed by atoms with Crippen LogP contribution in [0.3, 0.4) is 0 Å². The van der Waals surface area contributed by atoms with Crippen LogP contribution in [-0.2, 0) is 6.54 Å². The van der Waals surface area contributed by atoms with Crippen LogP contribution < -0.4 is 11.1 Å². The maximum atomic E-state index is 14.2. The van der Waals surface area contributed by atoms with Gasteiger partial charge in [-0.3, -0.25) is 10.2 Å². The lowest BCUT2D eigenvalue weighted by atomic mass is 10.1. The Kier molecular flexibility index (Phi) is 3.52. The van der Waals surface area contributed by atoms with E-state index in [1.165, 1.54) is 18.9 Å². The molecule has 0 bridgehead atoms. The molecule has 5 N–H and O–H groups in total. The molecule has 3 heterocycles. The molecule has 8 nitrogen and oxygen atoms in total. The molecule has 0 atom stereocenters. The van der Waals surface area contributed by atoms with Gasteiger partial charge < -0.3 is 11.1 Å². The Morgan fingerprint density at radius 3 is 2.93 bits per heavy atom. The molecule has 1 aliphatic rings. The predicted octanol–water partition coefficient (Wildman–Crippen LogP) is 2.95. The first-order chi connectivity index (χ1) is 13.2. The van der Waals surface area contributed by atoms with E-state index in [4.69, 9.17) is 5.73 Å². The van der Waals surface area contributed by atoms with Crippen LogP contribution in [0, 0.1) is 5.82 Å². The van der Waals surface area contributed by atoms with Gasteiger partial charge in [-0.15, -0.1) is 0 Å². The highest BCUT2D eigenvalue weighted by molar-refractivity contribution is 5.82. The van der Waals surface area contributed by atoms with Crippen LogP contribution in [0.15, 0.2) is 30.6 Å². The van der Waals surface area contributed by atoms with E-state index in [0.717, 1.165) is 22.3 Å². The number of rotatable bonds is 5. The van der Waals surface area contributed by atoms with Gasteiger partial charge in [0.15, 0.2) is 0 Å². The van der Waals surface area contributed by atoms with Gasteiger partial charge in [0.2, 0.25) is 5.95 Å². The van der Waals surface area contributed by atoms with Crippen molar-refractivity contribution >= 4 is 22.7 Å². The first-order valence-corrected chi connectivity index (χ1v) is 8.71. The molecule has 0 saturated heterocycles. The summed E-state index contributed by atoms with van der Waals surface area (Å²) in [5, 5.41) is 17.9. The molecule has 27 heavy (non-hydrogen) atoms. The number of nitrogens with zero attached hydrogens (tertiary/aromatic N) is 4. The Bertz CT molecular complexity index is 1130. The zero-order valence-corrected chi connectivity index (χ0v) is 14.3. The van der Waals surface area contributed by atoms with Crippen molar-refractivity contribution in [2.75, 3.05) is 11.1 Å². The van der Waals surface area contributed by atoms with Crippen LogP contribution in [0.2, 0.25) is 0 Å². The van der Waals surface area contributed by atoms with Crippen LogP contribution in [0.1, 0.15) is 30.0 Å². The average molecular weight is 364 g/mol. The third-order valence-corrected chi connectivity index (χ3v) is 4.81. The molecular formula is C18H17FN8. The Morgan fingerprint density at radius 2 is 2.11 bits per heavy atom. The molecule has 1 aromatic carbocycles. The second-order valence-electron chi connectivity index (χ2n) is 6.69.